The van der Waals surface area contributed by atoms with Crippen molar-refractivity contribution in [1.29, 1.82) is 0 Å². The van der Waals surface area contributed by atoms with Gasteiger partial charge in [0, 0.05) is 23.9 Å². The number of carboxylic acid groups (broad SMARTS) is 1. The number of aromatic carboxylic acids is 1. The van der Waals surface area contributed by atoms with Crippen LogP contribution >= 0.6 is 15.9 Å². The van der Waals surface area contributed by atoms with E-state index in [1.54, 1.807) is 6.07 Å². The second-order valence-electron chi connectivity index (χ2n) is 4.13. The van der Waals surface area contributed by atoms with Crippen molar-refractivity contribution in [3.05, 3.63) is 52.8 Å². The lowest BCUT2D eigenvalue weighted by Crippen LogP contribution is -2.28. The molecule has 0 atom stereocenters. The lowest BCUT2D eigenvalue weighted by atomic mass is 10.2. The summed E-state index contributed by atoms with van der Waals surface area (Å²) in [7, 11) is -2.59. The van der Waals surface area contributed by atoms with E-state index in [1.165, 1.54) is 43.7 Å². The number of rotatable bonds is 4. The van der Waals surface area contributed by atoms with Crippen LogP contribution < -0.4 is 4.31 Å². The maximum atomic E-state index is 12.5. The van der Waals surface area contributed by atoms with Crippen LogP contribution in [0.25, 0.3) is 0 Å². The molecular formula is C13H11BrN2O4S. The van der Waals surface area contributed by atoms with Crippen molar-refractivity contribution in [2.24, 2.45) is 0 Å². The molecule has 0 saturated carbocycles. The number of carbonyl (C=O) groups is 1. The van der Waals surface area contributed by atoms with Gasteiger partial charge in [0.15, 0.2) is 0 Å². The lowest BCUT2D eigenvalue weighted by Gasteiger charge is -2.21. The number of para-hydroxylation sites is 1. The van der Waals surface area contributed by atoms with Crippen molar-refractivity contribution < 1.29 is 18.3 Å². The Kier molecular flexibility index (Phi) is 4.29. The Morgan fingerprint density at radius 1 is 1.29 bits per heavy atom. The SMILES string of the molecule is CN(c1ccccc1C(=O)O)S(=O)(=O)c1cncc(Br)c1. The molecule has 0 aliphatic carbocycles. The number of carboxylic acids is 1. The van der Waals surface area contributed by atoms with Crippen molar-refractivity contribution in [3.63, 3.8) is 0 Å². The van der Waals surface area contributed by atoms with Crippen molar-refractivity contribution in [2.75, 3.05) is 11.4 Å². The zero-order valence-electron chi connectivity index (χ0n) is 10.9. The summed E-state index contributed by atoms with van der Waals surface area (Å²) >= 11 is 3.16. The molecule has 0 radical (unpaired) electrons. The number of nitrogens with zero attached hydrogens (tertiary/aromatic N) is 2. The van der Waals surface area contributed by atoms with E-state index in [-0.39, 0.29) is 16.1 Å². The highest BCUT2D eigenvalue weighted by atomic mass is 79.9. The highest BCUT2D eigenvalue weighted by Gasteiger charge is 2.25. The second kappa shape index (κ2) is 5.82. The molecule has 0 aliphatic rings. The van der Waals surface area contributed by atoms with Crippen LogP contribution in [-0.2, 0) is 10.0 Å². The van der Waals surface area contributed by atoms with E-state index in [0.29, 0.717) is 4.47 Å². The molecule has 1 N–H and O–H groups in total. The Balaban J connectivity index is 2.54. The topological polar surface area (TPSA) is 87.6 Å². The lowest BCUT2D eigenvalue weighted by molar-refractivity contribution is 0.0698. The average molecular weight is 371 g/mol. The number of aromatic nitrogens is 1. The van der Waals surface area contributed by atoms with Gasteiger partial charge in [0.05, 0.1) is 11.3 Å². The molecule has 0 unspecified atom stereocenters. The molecule has 0 fully saturated rings. The number of hydrogen-bond donors (Lipinski definition) is 1. The van der Waals surface area contributed by atoms with Crippen molar-refractivity contribution in [1.82, 2.24) is 4.98 Å². The molecule has 0 saturated heterocycles. The van der Waals surface area contributed by atoms with Gasteiger partial charge < -0.3 is 5.11 Å². The molecule has 2 rings (SSSR count). The third-order valence-electron chi connectivity index (χ3n) is 2.81. The number of hydrogen-bond acceptors (Lipinski definition) is 4. The van der Waals surface area contributed by atoms with E-state index < -0.39 is 16.0 Å². The number of benzene rings is 1. The number of anilines is 1. The Hall–Kier alpha value is -1.93. The van der Waals surface area contributed by atoms with Gasteiger partial charge in [-0.1, -0.05) is 12.1 Å². The van der Waals surface area contributed by atoms with E-state index in [2.05, 4.69) is 20.9 Å². The van der Waals surface area contributed by atoms with Gasteiger partial charge in [-0.25, -0.2) is 13.2 Å². The zero-order chi connectivity index (χ0) is 15.6. The first-order chi connectivity index (χ1) is 9.84. The van der Waals surface area contributed by atoms with E-state index in [0.717, 1.165) is 4.31 Å². The molecule has 110 valence electrons. The summed E-state index contributed by atoms with van der Waals surface area (Å²) in [4.78, 5) is 15.0. The monoisotopic (exact) mass is 370 g/mol. The molecular weight excluding hydrogens is 360 g/mol. The first-order valence-electron chi connectivity index (χ1n) is 5.76. The minimum atomic E-state index is -3.89. The predicted octanol–water partition coefficient (Wildman–Crippen LogP) is 2.37. The Labute approximate surface area is 130 Å². The fourth-order valence-corrected chi connectivity index (χ4v) is 3.47. The number of pyridine rings is 1. The minimum absolute atomic E-state index is 0.0282. The molecule has 0 bridgehead atoms. The van der Waals surface area contributed by atoms with Gasteiger partial charge in [-0.3, -0.25) is 9.29 Å². The van der Waals surface area contributed by atoms with E-state index in [1.807, 2.05) is 0 Å². The molecule has 0 spiro atoms. The van der Waals surface area contributed by atoms with Gasteiger partial charge in [-0.2, -0.15) is 0 Å². The highest BCUT2D eigenvalue weighted by Crippen LogP contribution is 2.26. The van der Waals surface area contributed by atoms with Crippen LogP contribution in [0.5, 0.6) is 0 Å². The standard InChI is InChI=1S/C13H11BrN2O4S/c1-16(12-5-3-2-4-11(12)13(17)18)21(19,20)10-6-9(14)7-15-8-10/h2-8H,1H3,(H,17,18). The fourth-order valence-electron chi connectivity index (χ4n) is 1.75. The van der Waals surface area contributed by atoms with Crippen molar-refractivity contribution in [3.8, 4) is 0 Å². The van der Waals surface area contributed by atoms with Gasteiger partial charge in [-0.15, -0.1) is 0 Å². The summed E-state index contributed by atoms with van der Waals surface area (Å²) < 4.78 is 26.5. The molecule has 21 heavy (non-hydrogen) atoms. The predicted molar refractivity (Wildman–Crippen MR) is 80.9 cm³/mol. The van der Waals surface area contributed by atoms with Crippen molar-refractivity contribution >= 4 is 37.6 Å². The molecule has 8 heteroatoms. The second-order valence-corrected chi connectivity index (χ2v) is 7.02. The Morgan fingerprint density at radius 2 is 1.95 bits per heavy atom. The molecule has 6 nitrogen and oxygen atoms in total. The first kappa shape index (κ1) is 15.5. The minimum Gasteiger partial charge on any atom is -0.478 e. The molecule has 1 aromatic heterocycles. The zero-order valence-corrected chi connectivity index (χ0v) is 13.3. The van der Waals surface area contributed by atoms with Crippen LogP contribution in [0.2, 0.25) is 0 Å². The summed E-state index contributed by atoms with van der Waals surface area (Å²) in [5, 5.41) is 9.15. The smallest absolute Gasteiger partial charge is 0.337 e. The Bertz CT molecular complexity index is 792. The highest BCUT2D eigenvalue weighted by molar-refractivity contribution is 9.10. The van der Waals surface area contributed by atoms with Gasteiger partial charge in [0.25, 0.3) is 10.0 Å². The molecule has 1 heterocycles. The van der Waals surface area contributed by atoms with Crippen LogP contribution in [0.1, 0.15) is 10.4 Å². The van der Waals surface area contributed by atoms with Crippen LogP contribution in [-0.4, -0.2) is 31.5 Å². The molecule has 0 amide bonds. The van der Waals surface area contributed by atoms with Crippen molar-refractivity contribution in [2.45, 2.75) is 4.90 Å². The van der Waals surface area contributed by atoms with E-state index in [4.69, 9.17) is 5.11 Å². The van der Waals surface area contributed by atoms with Crippen LogP contribution in [0.3, 0.4) is 0 Å². The summed E-state index contributed by atoms with van der Waals surface area (Å²) in [6, 6.07) is 7.30. The van der Waals surface area contributed by atoms with Crippen LogP contribution in [0.15, 0.2) is 52.1 Å². The third-order valence-corrected chi connectivity index (χ3v) is 4.98. The van der Waals surface area contributed by atoms with Gasteiger partial charge in [-0.05, 0) is 34.1 Å². The van der Waals surface area contributed by atoms with Gasteiger partial charge in [0.1, 0.15) is 4.90 Å². The van der Waals surface area contributed by atoms with Crippen LogP contribution in [0, 0.1) is 0 Å². The maximum absolute atomic E-state index is 12.5. The third kappa shape index (κ3) is 3.06. The summed E-state index contributed by atoms with van der Waals surface area (Å²) in [6.07, 6.45) is 2.67. The number of sulfonamides is 1. The summed E-state index contributed by atoms with van der Waals surface area (Å²) in [6.45, 7) is 0. The Morgan fingerprint density at radius 3 is 2.57 bits per heavy atom. The molecule has 2 aromatic rings. The maximum Gasteiger partial charge on any atom is 0.337 e. The van der Waals surface area contributed by atoms with E-state index >= 15 is 0 Å². The molecule has 1 aromatic carbocycles. The van der Waals surface area contributed by atoms with E-state index in [9.17, 15) is 13.2 Å². The first-order valence-corrected chi connectivity index (χ1v) is 7.99. The normalized spacial score (nSPS) is 11.1. The fraction of sp³-hybridized carbons (Fsp3) is 0.0769. The van der Waals surface area contributed by atoms with Gasteiger partial charge >= 0.3 is 5.97 Å². The van der Waals surface area contributed by atoms with Gasteiger partial charge in [0.2, 0.25) is 0 Å². The number of halogens is 1. The quantitative estimate of drug-likeness (QED) is 0.892. The molecule has 0 aliphatic heterocycles. The average Bonchev–Trinajstić information content (AvgIpc) is 2.46. The van der Waals surface area contributed by atoms with Crippen LogP contribution in [0.4, 0.5) is 5.69 Å². The summed E-state index contributed by atoms with van der Waals surface area (Å²) in [5.41, 5.74) is -0.00323. The largest absolute Gasteiger partial charge is 0.478 e. The summed E-state index contributed by atoms with van der Waals surface area (Å²) in [5.74, 6) is -1.19.